The van der Waals surface area contributed by atoms with Crippen molar-refractivity contribution in [1.82, 2.24) is 9.80 Å². The monoisotopic (exact) mass is 552 g/mol. The maximum Gasteiger partial charge on any atom is 0.167 e. The van der Waals surface area contributed by atoms with Crippen LogP contribution in [0.2, 0.25) is 0 Å². The molecule has 222 valence electrons. The summed E-state index contributed by atoms with van der Waals surface area (Å²) in [6.07, 6.45) is 7.65. The molecule has 0 saturated carbocycles. The Labute approximate surface area is 243 Å². The highest BCUT2D eigenvalue weighted by Gasteiger charge is 2.23. The summed E-state index contributed by atoms with van der Waals surface area (Å²) in [4.78, 5) is 30.9. The fraction of sp³-hybridized carbons (Fsp3) is 0.588. The molecule has 2 aromatic carbocycles. The standard InChI is InChI=1S/C34H52N2O4/c1-7-9-23-39-31-19-15-27(16-20-31)33(37)29(25-35(3)4)13-11-12-14-30(26-36(5)6)34(38)28-17-21-32(22-18-28)40-24-10-8-2/h15-22,29-30H,7-14,23-26H2,1-6H3. The van der Waals surface area contributed by atoms with Crippen molar-refractivity contribution in [2.75, 3.05) is 54.5 Å². The van der Waals surface area contributed by atoms with E-state index in [2.05, 4.69) is 23.6 Å². The average Bonchev–Trinajstić information content (AvgIpc) is 2.94. The lowest BCUT2D eigenvalue weighted by molar-refractivity contribution is 0.0867. The normalized spacial score (nSPS) is 12.9. The van der Waals surface area contributed by atoms with E-state index in [0.717, 1.165) is 74.0 Å². The first-order chi connectivity index (χ1) is 19.2. The molecule has 0 aliphatic heterocycles. The van der Waals surface area contributed by atoms with Gasteiger partial charge in [-0.2, -0.15) is 0 Å². The predicted molar refractivity (Wildman–Crippen MR) is 165 cm³/mol. The summed E-state index contributed by atoms with van der Waals surface area (Å²) in [6.45, 7) is 7.09. The molecule has 2 rings (SSSR count). The third-order valence-corrected chi connectivity index (χ3v) is 7.08. The Morgan fingerprint density at radius 1 is 0.600 bits per heavy atom. The van der Waals surface area contributed by atoms with Crippen LogP contribution in [-0.4, -0.2) is 75.9 Å². The Morgan fingerprint density at radius 3 is 1.25 bits per heavy atom. The first-order valence-corrected chi connectivity index (χ1v) is 15.1. The van der Waals surface area contributed by atoms with Gasteiger partial charge in [0.05, 0.1) is 13.2 Å². The average molecular weight is 553 g/mol. The molecule has 0 heterocycles. The van der Waals surface area contributed by atoms with Crippen LogP contribution in [0.3, 0.4) is 0 Å². The summed E-state index contributed by atoms with van der Waals surface area (Å²) < 4.78 is 11.5. The molecule has 0 spiro atoms. The number of ether oxygens (including phenoxy) is 2. The van der Waals surface area contributed by atoms with Crippen LogP contribution in [0, 0.1) is 11.8 Å². The lowest BCUT2D eigenvalue weighted by atomic mass is 9.88. The van der Waals surface area contributed by atoms with E-state index in [9.17, 15) is 9.59 Å². The Morgan fingerprint density at radius 2 is 0.950 bits per heavy atom. The number of ketones is 2. The molecule has 6 nitrogen and oxygen atoms in total. The van der Waals surface area contributed by atoms with E-state index in [0.29, 0.717) is 26.3 Å². The van der Waals surface area contributed by atoms with Gasteiger partial charge >= 0.3 is 0 Å². The fourth-order valence-electron chi connectivity index (χ4n) is 4.84. The van der Waals surface area contributed by atoms with E-state index in [1.54, 1.807) is 0 Å². The molecular formula is C34H52N2O4. The van der Waals surface area contributed by atoms with Crippen LogP contribution >= 0.6 is 0 Å². The predicted octanol–water partition coefficient (Wildman–Crippen LogP) is 7.03. The second kappa shape index (κ2) is 18.6. The molecule has 0 saturated heterocycles. The topological polar surface area (TPSA) is 59.1 Å². The van der Waals surface area contributed by atoms with Crippen molar-refractivity contribution in [2.24, 2.45) is 11.8 Å². The Kier molecular flexibility index (Phi) is 15.6. The summed E-state index contributed by atoms with van der Waals surface area (Å²) in [5.41, 5.74) is 1.47. The van der Waals surface area contributed by atoms with Crippen LogP contribution in [0.25, 0.3) is 0 Å². The summed E-state index contributed by atoms with van der Waals surface area (Å²) >= 11 is 0. The third-order valence-electron chi connectivity index (χ3n) is 7.08. The van der Waals surface area contributed by atoms with Crippen LogP contribution in [0.1, 0.15) is 85.9 Å². The lowest BCUT2D eigenvalue weighted by Crippen LogP contribution is -2.29. The van der Waals surface area contributed by atoms with Crippen LogP contribution < -0.4 is 9.47 Å². The number of unbranched alkanes of at least 4 members (excludes halogenated alkanes) is 3. The number of hydrogen-bond acceptors (Lipinski definition) is 6. The van der Waals surface area contributed by atoms with Crippen LogP contribution in [0.4, 0.5) is 0 Å². The zero-order chi connectivity index (χ0) is 29.3. The second-order valence-corrected chi connectivity index (χ2v) is 11.4. The summed E-state index contributed by atoms with van der Waals surface area (Å²) in [7, 11) is 8.04. The molecule has 0 radical (unpaired) electrons. The first-order valence-electron chi connectivity index (χ1n) is 15.1. The number of nitrogens with zero attached hydrogens (tertiary/aromatic N) is 2. The number of hydrogen-bond donors (Lipinski definition) is 0. The van der Waals surface area contributed by atoms with Crippen molar-refractivity contribution in [3.05, 3.63) is 59.7 Å². The molecule has 6 heteroatoms. The SMILES string of the molecule is CCCCOc1ccc(C(=O)C(CCCCC(CN(C)C)C(=O)c2ccc(OCCCC)cc2)CN(C)C)cc1. The smallest absolute Gasteiger partial charge is 0.167 e. The van der Waals surface area contributed by atoms with E-state index in [1.165, 1.54) is 0 Å². The summed E-state index contributed by atoms with van der Waals surface area (Å²) in [5, 5.41) is 0. The van der Waals surface area contributed by atoms with Gasteiger partial charge in [0.15, 0.2) is 11.6 Å². The van der Waals surface area contributed by atoms with Gasteiger partial charge in [-0.1, -0.05) is 39.5 Å². The van der Waals surface area contributed by atoms with Crippen LogP contribution in [-0.2, 0) is 0 Å². The van der Waals surface area contributed by atoms with Gasteiger partial charge in [-0.3, -0.25) is 9.59 Å². The van der Waals surface area contributed by atoms with E-state index in [4.69, 9.17) is 9.47 Å². The van der Waals surface area contributed by atoms with E-state index in [1.807, 2.05) is 76.7 Å². The molecule has 0 amide bonds. The van der Waals surface area contributed by atoms with Crippen molar-refractivity contribution < 1.29 is 19.1 Å². The van der Waals surface area contributed by atoms with E-state index in [-0.39, 0.29) is 23.4 Å². The van der Waals surface area contributed by atoms with Gasteiger partial charge in [-0.05, 0) is 102 Å². The molecular weight excluding hydrogens is 500 g/mol. The van der Waals surface area contributed by atoms with Gasteiger partial charge in [0.2, 0.25) is 0 Å². The Balaban J connectivity index is 1.95. The van der Waals surface area contributed by atoms with Gasteiger partial charge in [0, 0.05) is 36.1 Å². The van der Waals surface area contributed by atoms with Crippen LogP contribution in [0.5, 0.6) is 11.5 Å². The second-order valence-electron chi connectivity index (χ2n) is 11.4. The highest BCUT2D eigenvalue weighted by Crippen LogP contribution is 2.23. The highest BCUT2D eigenvalue weighted by atomic mass is 16.5. The molecule has 2 atom stereocenters. The third kappa shape index (κ3) is 12.2. The van der Waals surface area contributed by atoms with Gasteiger partial charge < -0.3 is 19.3 Å². The van der Waals surface area contributed by atoms with E-state index >= 15 is 0 Å². The van der Waals surface area contributed by atoms with Crippen molar-refractivity contribution >= 4 is 11.6 Å². The minimum atomic E-state index is -0.0786. The van der Waals surface area contributed by atoms with Gasteiger partial charge in [0.25, 0.3) is 0 Å². The molecule has 2 aromatic rings. The Hall–Kier alpha value is -2.70. The quantitative estimate of drug-likeness (QED) is 0.122. The molecule has 0 bridgehead atoms. The molecule has 0 fully saturated rings. The molecule has 0 aromatic heterocycles. The van der Waals surface area contributed by atoms with Gasteiger partial charge in [-0.15, -0.1) is 0 Å². The maximum atomic E-state index is 13.4. The molecule has 0 aliphatic rings. The maximum absolute atomic E-state index is 13.4. The Bertz CT molecular complexity index is 905. The molecule has 40 heavy (non-hydrogen) atoms. The number of carbonyl (C=O) groups is 2. The molecule has 0 aliphatic carbocycles. The zero-order valence-corrected chi connectivity index (χ0v) is 25.8. The number of rotatable bonds is 21. The van der Waals surface area contributed by atoms with Crippen molar-refractivity contribution in [1.29, 1.82) is 0 Å². The van der Waals surface area contributed by atoms with Gasteiger partial charge in [0.1, 0.15) is 11.5 Å². The fourth-order valence-corrected chi connectivity index (χ4v) is 4.84. The van der Waals surface area contributed by atoms with Gasteiger partial charge in [-0.25, -0.2) is 0 Å². The van der Waals surface area contributed by atoms with Crippen molar-refractivity contribution in [3.63, 3.8) is 0 Å². The number of carbonyl (C=O) groups excluding carboxylic acids is 2. The summed E-state index contributed by atoms with van der Waals surface area (Å²) in [6, 6.07) is 15.1. The minimum Gasteiger partial charge on any atom is -0.494 e. The van der Waals surface area contributed by atoms with Crippen LogP contribution in [0.15, 0.2) is 48.5 Å². The minimum absolute atomic E-state index is 0.0786. The van der Waals surface area contributed by atoms with Crippen molar-refractivity contribution in [2.45, 2.75) is 65.2 Å². The number of benzene rings is 2. The molecule has 0 N–H and O–H groups in total. The van der Waals surface area contributed by atoms with Crippen molar-refractivity contribution in [3.8, 4) is 11.5 Å². The first kappa shape index (κ1) is 33.5. The lowest BCUT2D eigenvalue weighted by Gasteiger charge is -2.22. The summed E-state index contributed by atoms with van der Waals surface area (Å²) in [5.74, 6) is 1.82. The molecule has 2 unspecified atom stereocenters. The number of Topliss-reactive ketones (excluding diaryl/α,β-unsaturated/α-hetero) is 2. The largest absolute Gasteiger partial charge is 0.494 e. The highest BCUT2D eigenvalue weighted by molar-refractivity contribution is 5.98. The zero-order valence-electron chi connectivity index (χ0n) is 25.8. The van der Waals surface area contributed by atoms with E-state index < -0.39 is 0 Å².